The molecule has 3 aromatic heterocycles. The van der Waals surface area contributed by atoms with Crippen LogP contribution in [0.4, 0.5) is 0 Å². The van der Waals surface area contributed by atoms with E-state index in [0.29, 0.717) is 40.0 Å². The van der Waals surface area contributed by atoms with Crippen molar-refractivity contribution in [3.05, 3.63) is 80.5 Å². The maximum atomic E-state index is 13.1. The molecule has 0 unspecified atom stereocenters. The molecule has 0 saturated heterocycles. The molecular weight excluding hydrogens is 682 g/mol. The van der Waals surface area contributed by atoms with Gasteiger partial charge in [0, 0.05) is 77.6 Å². The average molecular weight is 722 g/mol. The minimum atomic E-state index is -0.488. The Morgan fingerprint density at radius 3 is 2.53 bits per heavy atom. The van der Waals surface area contributed by atoms with Crippen molar-refractivity contribution in [2.45, 2.75) is 61.2 Å². The van der Waals surface area contributed by atoms with E-state index in [1.54, 1.807) is 23.5 Å². The normalized spacial score (nSPS) is 12.6. The van der Waals surface area contributed by atoms with E-state index in [1.165, 1.54) is 25.3 Å². The quantitative estimate of drug-likeness (QED) is 0.107. The van der Waals surface area contributed by atoms with Crippen LogP contribution in [0.15, 0.2) is 35.2 Å². The summed E-state index contributed by atoms with van der Waals surface area (Å²) in [5.74, 6) is 1.56. The molecule has 49 heavy (non-hydrogen) atoms. The Labute approximate surface area is 299 Å². The van der Waals surface area contributed by atoms with Crippen LogP contribution >= 0.6 is 35.1 Å². The van der Waals surface area contributed by atoms with Crippen molar-refractivity contribution in [1.82, 2.24) is 24.1 Å². The number of thioether (sulfide) groups is 2. The summed E-state index contributed by atoms with van der Waals surface area (Å²) in [6, 6.07) is 9.67. The van der Waals surface area contributed by atoms with E-state index in [-0.39, 0.29) is 12.4 Å². The van der Waals surface area contributed by atoms with Gasteiger partial charge in [0.25, 0.3) is 0 Å². The molecule has 6 rings (SSSR count). The number of carbonyl (C=O) groups is 2. The third-order valence-corrected chi connectivity index (χ3v) is 11.7. The Bertz CT molecular complexity index is 2080. The lowest BCUT2D eigenvalue weighted by Crippen LogP contribution is -2.11. The van der Waals surface area contributed by atoms with Crippen LogP contribution in [-0.2, 0) is 71.9 Å². The molecule has 258 valence electrons. The highest BCUT2D eigenvalue weighted by Crippen LogP contribution is 2.43. The highest BCUT2D eigenvalue weighted by atomic mass is 35.5. The third-order valence-electron chi connectivity index (χ3n) is 9.30. The predicted molar refractivity (Wildman–Crippen MR) is 194 cm³/mol. The van der Waals surface area contributed by atoms with Crippen molar-refractivity contribution in [3.8, 4) is 16.9 Å². The van der Waals surface area contributed by atoms with Gasteiger partial charge in [0.05, 0.1) is 36.1 Å². The topological polar surface area (TPSA) is 113 Å². The predicted octanol–water partition coefficient (Wildman–Crippen LogP) is 7.09. The number of hydrogen-bond donors (Lipinski definition) is 1. The molecule has 0 fully saturated rings. The van der Waals surface area contributed by atoms with Gasteiger partial charge in [0.1, 0.15) is 11.4 Å². The van der Waals surface area contributed by atoms with Gasteiger partial charge in [-0.05, 0) is 73.6 Å². The zero-order valence-electron chi connectivity index (χ0n) is 28.6. The molecule has 3 heterocycles. The Hall–Kier alpha value is -3.87. The first-order chi connectivity index (χ1) is 23.5. The highest BCUT2D eigenvalue weighted by molar-refractivity contribution is 7.98. The molecule has 1 N–H and O–H groups in total. The number of methoxy groups -OCH3 is 2. The van der Waals surface area contributed by atoms with Crippen LogP contribution in [0.25, 0.3) is 22.0 Å². The van der Waals surface area contributed by atoms with Crippen molar-refractivity contribution >= 4 is 58.0 Å². The van der Waals surface area contributed by atoms with Crippen LogP contribution in [0.1, 0.15) is 62.8 Å². The lowest BCUT2D eigenvalue weighted by atomic mass is 9.98. The summed E-state index contributed by atoms with van der Waals surface area (Å²) >= 11 is 10.5. The molecule has 1 aliphatic carbocycles. The molecular formula is C36H40ClN5O5S2. The zero-order valence-corrected chi connectivity index (χ0v) is 30.9. The van der Waals surface area contributed by atoms with Gasteiger partial charge in [0.2, 0.25) is 0 Å². The average Bonchev–Trinajstić information content (AvgIpc) is 3.83. The number of ether oxygens (including phenoxy) is 2. The smallest absolute Gasteiger partial charge is 0.354 e. The first kappa shape index (κ1) is 35.0. The molecule has 5 aromatic rings. The van der Waals surface area contributed by atoms with E-state index in [2.05, 4.69) is 6.07 Å². The second-order valence-electron chi connectivity index (χ2n) is 12.3. The van der Waals surface area contributed by atoms with Gasteiger partial charge in [-0.25, -0.2) is 4.79 Å². The molecule has 10 nitrogen and oxygen atoms in total. The van der Waals surface area contributed by atoms with E-state index >= 15 is 0 Å². The van der Waals surface area contributed by atoms with Crippen LogP contribution in [0, 0.1) is 6.92 Å². The zero-order chi connectivity index (χ0) is 35.0. The van der Waals surface area contributed by atoms with Crippen LogP contribution in [0.2, 0.25) is 5.02 Å². The van der Waals surface area contributed by atoms with E-state index in [1.807, 2.05) is 66.3 Å². The molecule has 0 spiro atoms. The number of hydrogen-bond acceptors (Lipinski definition) is 9. The van der Waals surface area contributed by atoms with Crippen LogP contribution < -0.4 is 0 Å². The molecule has 0 atom stereocenters. The van der Waals surface area contributed by atoms with Crippen LogP contribution in [0.3, 0.4) is 0 Å². The number of esters is 2. The highest BCUT2D eigenvalue weighted by Gasteiger charge is 2.28. The molecule has 0 radical (unpaired) electrons. The van der Waals surface area contributed by atoms with Crippen molar-refractivity contribution in [3.63, 3.8) is 0 Å². The first-order valence-electron chi connectivity index (χ1n) is 16.1. The third kappa shape index (κ3) is 6.82. The largest absolute Gasteiger partial charge is 0.508 e. The molecule has 0 amide bonds. The van der Waals surface area contributed by atoms with E-state index in [4.69, 9.17) is 31.3 Å². The fraction of sp³-hybridized carbons (Fsp3) is 0.389. The van der Waals surface area contributed by atoms with Gasteiger partial charge in [-0.1, -0.05) is 17.7 Å². The van der Waals surface area contributed by atoms with Gasteiger partial charge < -0.3 is 19.1 Å². The standard InChI is InChI=1S/C36H40ClN5O5S2/c1-20-32(33-28(37)12-10-26-27(11-13-31(44)46-5)35(36(45)47-6)40(2)34(26)33)29(39-41(20)3)19-48-17-22-15-23(42(4)38-22)18-49-30-16-24(43)14-21-8-7-9-25(21)30/h10,12,14-16,43H,7-9,11,13,17-19H2,1-6H3. The summed E-state index contributed by atoms with van der Waals surface area (Å²) < 4.78 is 15.7. The van der Waals surface area contributed by atoms with Crippen molar-refractivity contribution < 1.29 is 24.2 Å². The van der Waals surface area contributed by atoms with Crippen molar-refractivity contribution in [1.29, 1.82) is 0 Å². The lowest BCUT2D eigenvalue weighted by Gasteiger charge is -2.11. The number of aromatic nitrogens is 5. The fourth-order valence-corrected chi connectivity index (χ4v) is 9.12. The van der Waals surface area contributed by atoms with Crippen molar-refractivity contribution in [2.75, 3.05) is 14.2 Å². The Balaban J connectivity index is 1.25. The molecule has 0 aliphatic heterocycles. The molecule has 2 aromatic carbocycles. The van der Waals surface area contributed by atoms with E-state index in [0.717, 1.165) is 74.7 Å². The second kappa shape index (κ2) is 14.5. The summed E-state index contributed by atoms with van der Waals surface area (Å²) in [4.78, 5) is 26.3. The van der Waals surface area contributed by atoms with Crippen LogP contribution in [0.5, 0.6) is 5.75 Å². The number of aryl methyl sites for hydroxylation is 5. The van der Waals surface area contributed by atoms with Gasteiger partial charge in [-0.15, -0.1) is 23.5 Å². The molecule has 13 heteroatoms. The minimum Gasteiger partial charge on any atom is -0.508 e. The molecule has 1 aliphatic rings. The van der Waals surface area contributed by atoms with Gasteiger partial charge in [-0.2, -0.15) is 10.2 Å². The van der Waals surface area contributed by atoms with Crippen molar-refractivity contribution in [2.24, 2.45) is 21.1 Å². The number of nitrogens with zero attached hydrogens (tertiary/aromatic N) is 5. The number of fused-ring (bicyclic) bond motifs is 2. The number of benzene rings is 2. The Morgan fingerprint density at radius 2 is 1.78 bits per heavy atom. The molecule has 0 saturated carbocycles. The fourth-order valence-electron chi connectivity index (χ4n) is 6.84. The minimum absolute atomic E-state index is 0.122. The first-order valence-corrected chi connectivity index (χ1v) is 18.6. The molecule has 0 bridgehead atoms. The number of phenolic OH excluding ortho intramolecular Hbond substituents is 1. The van der Waals surface area contributed by atoms with E-state index in [9.17, 15) is 14.7 Å². The summed E-state index contributed by atoms with van der Waals surface area (Å²) in [5.41, 5.74) is 10.1. The van der Waals surface area contributed by atoms with Gasteiger partial charge in [0.15, 0.2) is 0 Å². The maximum absolute atomic E-state index is 13.1. The SMILES string of the molecule is COC(=O)CCc1c(C(=O)OC)n(C)c2c(-c3c(CSCc4cc(CSc5cc(O)cc6c5CCC6)n(C)n4)nn(C)c3C)c(Cl)ccc12. The van der Waals surface area contributed by atoms with Gasteiger partial charge in [-0.3, -0.25) is 14.2 Å². The second-order valence-corrected chi connectivity index (χ2v) is 14.7. The van der Waals surface area contributed by atoms with E-state index < -0.39 is 5.97 Å². The monoisotopic (exact) mass is 721 g/mol. The maximum Gasteiger partial charge on any atom is 0.354 e. The summed E-state index contributed by atoms with van der Waals surface area (Å²) in [5, 5.41) is 21.3. The summed E-state index contributed by atoms with van der Waals surface area (Å²) in [6.45, 7) is 2.01. The summed E-state index contributed by atoms with van der Waals surface area (Å²) in [6.07, 6.45) is 3.66. The Morgan fingerprint density at radius 1 is 0.980 bits per heavy atom. The van der Waals surface area contributed by atoms with Crippen LogP contribution in [-0.4, -0.2) is 55.4 Å². The van der Waals surface area contributed by atoms with Gasteiger partial charge >= 0.3 is 11.9 Å². The number of phenols is 1. The number of carbonyl (C=O) groups excluding carboxylic acids is 2. The number of aromatic hydroxyl groups is 1. The number of rotatable bonds is 12. The number of halogens is 1. The summed E-state index contributed by atoms with van der Waals surface area (Å²) in [7, 11) is 8.41. The Kier molecular flexibility index (Phi) is 10.4. The lowest BCUT2D eigenvalue weighted by molar-refractivity contribution is -0.140.